The second-order valence-corrected chi connectivity index (χ2v) is 6.17. The van der Waals surface area contributed by atoms with Gasteiger partial charge in [0, 0.05) is 18.1 Å². The Morgan fingerprint density at radius 2 is 1.96 bits per heavy atom. The summed E-state index contributed by atoms with van der Waals surface area (Å²) in [5.74, 6) is 0.164. The minimum atomic E-state index is -0.579. The Balaban J connectivity index is 1.95. The van der Waals surface area contributed by atoms with E-state index in [0.29, 0.717) is 27.1 Å². The first kappa shape index (κ1) is 17.9. The molecule has 1 heterocycles. The van der Waals surface area contributed by atoms with Crippen molar-refractivity contribution in [3.8, 4) is 11.5 Å². The molecule has 6 nitrogen and oxygen atoms in total. The van der Waals surface area contributed by atoms with Crippen LogP contribution in [0.5, 0.6) is 11.5 Å². The zero-order valence-corrected chi connectivity index (χ0v) is 15.6. The Bertz CT molecular complexity index is 949. The Morgan fingerprint density at radius 1 is 1.19 bits per heavy atom. The SMILES string of the molecule is COc1ccc(C2=N/C(=C/c3ccccc3OC(C)=O)C(=O)O2)cc1Br. The van der Waals surface area contributed by atoms with Crippen LogP contribution in [-0.2, 0) is 14.3 Å². The molecule has 7 heteroatoms. The van der Waals surface area contributed by atoms with E-state index in [0.717, 1.165) is 0 Å². The summed E-state index contributed by atoms with van der Waals surface area (Å²) in [5.41, 5.74) is 1.30. The number of nitrogens with zero attached hydrogens (tertiary/aromatic N) is 1. The molecule has 0 unspecified atom stereocenters. The second-order valence-electron chi connectivity index (χ2n) is 5.32. The third-order valence-electron chi connectivity index (χ3n) is 3.48. The van der Waals surface area contributed by atoms with Crippen molar-refractivity contribution in [3.63, 3.8) is 0 Å². The van der Waals surface area contributed by atoms with Gasteiger partial charge < -0.3 is 14.2 Å². The summed E-state index contributed by atoms with van der Waals surface area (Å²) in [7, 11) is 1.56. The highest BCUT2D eigenvalue weighted by Crippen LogP contribution is 2.28. The summed E-state index contributed by atoms with van der Waals surface area (Å²) in [6.45, 7) is 1.31. The molecule has 26 heavy (non-hydrogen) atoms. The van der Waals surface area contributed by atoms with Crippen LogP contribution in [0.4, 0.5) is 0 Å². The van der Waals surface area contributed by atoms with Crippen LogP contribution < -0.4 is 9.47 Å². The van der Waals surface area contributed by atoms with Crippen molar-refractivity contribution < 1.29 is 23.8 Å². The lowest BCUT2D eigenvalue weighted by Crippen LogP contribution is -2.05. The average Bonchev–Trinajstić information content (AvgIpc) is 2.97. The number of methoxy groups -OCH3 is 1. The normalized spacial score (nSPS) is 14.8. The summed E-state index contributed by atoms with van der Waals surface area (Å²) in [6.07, 6.45) is 1.52. The molecule has 1 aliphatic rings. The van der Waals surface area contributed by atoms with Crippen LogP contribution in [0.1, 0.15) is 18.1 Å². The predicted molar refractivity (Wildman–Crippen MR) is 99.1 cm³/mol. The fraction of sp³-hybridized carbons (Fsp3) is 0.105. The van der Waals surface area contributed by atoms with E-state index in [1.54, 1.807) is 49.6 Å². The molecule has 0 aromatic heterocycles. The largest absolute Gasteiger partial charge is 0.496 e. The van der Waals surface area contributed by atoms with Gasteiger partial charge in [-0.2, -0.15) is 0 Å². The monoisotopic (exact) mass is 415 g/mol. The quantitative estimate of drug-likeness (QED) is 0.432. The van der Waals surface area contributed by atoms with E-state index in [2.05, 4.69) is 20.9 Å². The molecule has 3 rings (SSSR count). The van der Waals surface area contributed by atoms with E-state index in [4.69, 9.17) is 14.2 Å². The zero-order valence-electron chi connectivity index (χ0n) is 14.0. The maximum absolute atomic E-state index is 12.2. The van der Waals surface area contributed by atoms with Crippen LogP contribution in [0, 0.1) is 0 Å². The maximum atomic E-state index is 12.2. The Labute approximate surface area is 158 Å². The smallest absolute Gasteiger partial charge is 0.363 e. The van der Waals surface area contributed by atoms with Gasteiger partial charge in [-0.3, -0.25) is 4.79 Å². The van der Waals surface area contributed by atoms with Crippen molar-refractivity contribution >= 4 is 39.8 Å². The summed E-state index contributed by atoms with van der Waals surface area (Å²) in [4.78, 5) is 27.6. The van der Waals surface area contributed by atoms with Crippen LogP contribution in [0.3, 0.4) is 0 Å². The van der Waals surface area contributed by atoms with Crippen molar-refractivity contribution in [2.24, 2.45) is 4.99 Å². The first-order valence-corrected chi connectivity index (χ1v) is 8.41. The molecule has 132 valence electrons. The number of aliphatic imine (C=N–C) groups is 1. The van der Waals surface area contributed by atoms with E-state index < -0.39 is 11.9 Å². The van der Waals surface area contributed by atoms with Crippen molar-refractivity contribution in [1.82, 2.24) is 0 Å². The molecule has 0 atom stereocenters. The molecule has 2 aromatic carbocycles. The van der Waals surface area contributed by atoms with Crippen LogP contribution in [0.25, 0.3) is 6.08 Å². The van der Waals surface area contributed by atoms with Gasteiger partial charge in [0.2, 0.25) is 5.90 Å². The summed E-state index contributed by atoms with van der Waals surface area (Å²) in [5, 5.41) is 0. The lowest BCUT2D eigenvalue weighted by atomic mass is 10.1. The third-order valence-corrected chi connectivity index (χ3v) is 4.10. The average molecular weight is 416 g/mol. The van der Waals surface area contributed by atoms with Gasteiger partial charge in [0.1, 0.15) is 11.5 Å². The standard InChI is InChI=1S/C19H14BrNO5/c1-11(22)25-16-6-4-3-5-12(16)10-15-19(23)26-18(21-15)13-7-8-17(24-2)14(20)9-13/h3-10H,1-2H3/b15-10+. The molecule has 0 fully saturated rings. The fourth-order valence-corrected chi connectivity index (χ4v) is 2.87. The summed E-state index contributed by atoms with van der Waals surface area (Å²) < 4.78 is 16.3. The summed E-state index contributed by atoms with van der Waals surface area (Å²) >= 11 is 3.39. The Morgan fingerprint density at radius 3 is 2.65 bits per heavy atom. The fourth-order valence-electron chi connectivity index (χ4n) is 2.33. The van der Waals surface area contributed by atoms with E-state index >= 15 is 0 Å². The molecule has 0 radical (unpaired) electrons. The van der Waals surface area contributed by atoms with Crippen molar-refractivity contribution in [3.05, 3.63) is 63.8 Å². The van der Waals surface area contributed by atoms with E-state index in [1.807, 2.05) is 0 Å². The van der Waals surface area contributed by atoms with Gasteiger partial charge in [0.25, 0.3) is 0 Å². The highest BCUT2D eigenvalue weighted by atomic mass is 79.9. The molecule has 0 N–H and O–H groups in total. The minimum absolute atomic E-state index is 0.117. The number of ether oxygens (including phenoxy) is 3. The second kappa shape index (κ2) is 7.53. The number of benzene rings is 2. The highest BCUT2D eigenvalue weighted by Gasteiger charge is 2.25. The molecule has 0 saturated carbocycles. The van der Waals surface area contributed by atoms with Gasteiger partial charge in [0.05, 0.1) is 11.6 Å². The van der Waals surface area contributed by atoms with Crippen molar-refractivity contribution in [2.75, 3.05) is 7.11 Å². The first-order chi connectivity index (χ1) is 12.5. The van der Waals surface area contributed by atoms with Crippen LogP contribution in [0.2, 0.25) is 0 Å². The molecule has 0 bridgehead atoms. The van der Waals surface area contributed by atoms with Gasteiger partial charge >= 0.3 is 11.9 Å². The molecular weight excluding hydrogens is 402 g/mol. The summed E-state index contributed by atoms with van der Waals surface area (Å²) in [6, 6.07) is 12.1. The lowest BCUT2D eigenvalue weighted by molar-refractivity contribution is -0.132. The number of hydrogen-bond acceptors (Lipinski definition) is 6. The van der Waals surface area contributed by atoms with Gasteiger partial charge in [-0.15, -0.1) is 0 Å². The Kier molecular flexibility index (Phi) is 5.18. The number of carbonyl (C=O) groups is 2. The molecule has 1 aliphatic heterocycles. The van der Waals surface area contributed by atoms with Gasteiger partial charge in [-0.25, -0.2) is 9.79 Å². The van der Waals surface area contributed by atoms with Gasteiger partial charge in [-0.05, 0) is 46.3 Å². The van der Waals surface area contributed by atoms with E-state index in [1.165, 1.54) is 13.0 Å². The van der Waals surface area contributed by atoms with Crippen molar-refractivity contribution in [1.29, 1.82) is 0 Å². The van der Waals surface area contributed by atoms with Crippen molar-refractivity contribution in [2.45, 2.75) is 6.92 Å². The van der Waals surface area contributed by atoms with Gasteiger partial charge in [0.15, 0.2) is 5.70 Å². The number of esters is 2. The Hall–Kier alpha value is -2.93. The molecule has 2 aromatic rings. The zero-order chi connectivity index (χ0) is 18.7. The number of halogens is 1. The predicted octanol–water partition coefficient (Wildman–Crippen LogP) is 3.73. The van der Waals surface area contributed by atoms with Crippen LogP contribution in [0.15, 0.2) is 57.6 Å². The molecule has 0 spiro atoms. The minimum Gasteiger partial charge on any atom is -0.496 e. The maximum Gasteiger partial charge on any atom is 0.363 e. The number of carbonyl (C=O) groups excluding carboxylic acids is 2. The molecule has 0 aliphatic carbocycles. The van der Waals surface area contributed by atoms with Crippen LogP contribution >= 0.6 is 15.9 Å². The topological polar surface area (TPSA) is 74.2 Å². The highest BCUT2D eigenvalue weighted by molar-refractivity contribution is 9.10. The van der Waals surface area contributed by atoms with Crippen LogP contribution in [-0.4, -0.2) is 24.9 Å². The molecule has 0 saturated heterocycles. The lowest BCUT2D eigenvalue weighted by Gasteiger charge is -2.05. The first-order valence-electron chi connectivity index (χ1n) is 7.62. The third kappa shape index (κ3) is 3.83. The van der Waals surface area contributed by atoms with E-state index in [9.17, 15) is 9.59 Å². The number of hydrogen-bond donors (Lipinski definition) is 0. The van der Waals surface area contributed by atoms with E-state index in [-0.39, 0.29) is 11.6 Å². The molecule has 0 amide bonds. The number of rotatable bonds is 4. The number of cyclic esters (lactones) is 1. The van der Waals surface area contributed by atoms with Gasteiger partial charge in [-0.1, -0.05) is 18.2 Å². The number of para-hydroxylation sites is 1. The molecular formula is C19H14BrNO5.